The van der Waals surface area contributed by atoms with E-state index in [9.17, 15) is 22.0 Å². The van der Waals surface area contributed by atoms with E-state index in [0.717, 1.165) is 34.1 Å². The normalized spacial score (nSPS) is 16.6. The van der Waals surface area contributed by atoms with E-state index in [1.54, 1.807) is 44.1 Å². The molecule has 4 bridgehead atoms. The monoisotopic (exact) mass is 1450 g/mol. The minimum atomic E-state index is -2.12. The van der Waals surface area contributed by atoms with Crippen molar-refractivity contribution >= 4 is 11.6 Å². The molecule has 0 aliphatic heterocycles. The van der Waals surface area contributed by atoms with Crippen molar-refractivity contribution in [1.29, 1.82) is 0 Å². The average Bonchev–Trinajstić information content (AvgIpc) is 0.745. The lowest BCUT2D eigenvalue weighted by Crippen LogP contribution is -2.48. The Bertz CT molecular complexity index is 3540. The van der Waals surface area contributed by atoms with Crippen LogP contribution in [0.1, 0.15) is 369 Å². The van der Waals surface area contributed by atoms with Crippen molar-refractivity contribution < 1.29 is 22.0 Å². The summed E-state index contributed by atoms with van der Waals surface area (Å²) in [5.41, 5.74) is 22.5. The smallest absolute Gasteiger partial charge is 0.200 e. The van der Waals surface area contributed by atoms with Crippen LogP contribution in [0.25, 0.3) is 0 Å². The Labute approximate surface area is 640 Å². The van der Waals surface area contributed by atoms with Gasteiger partial charge in [0.25, 0.3) is 0 Å². The van der Waals surface area contributed by atoms with E-state index in [1.807, 2.05) is 12.1 Å². The topological polar surface area (TPSA) is 0 Å². The Balaban J connectivity index is 0.000000401. The molecule has 0 radical (unpaired) electrons. The van der Waals surface area contributed by atoms with Crippen molar-refractivity contribution in [2.45, 2.75) is 332 Å². The van der Waals surface area contributed by atoms with Gasteiger partial charge in [-0.15, -0.1) is 0 Å². The van der Waals surface area contributed by atoms with Gasteiger partial charge in [0.2, 0.25) is 5.82 Å². The SMILES string of the molecule is CC(C)(C)C.CC(C)C12CC3CC(CC(C3)C1)C2.CC(C)c1c(F)c(F)c(F)c(F)c1F.CC(C)c1cccc(C(C)C)c1C(C)C.CC(C)c1ccccc1C(C)(C)C.Cc1cc(C)cc(C(C)C)c1.Cc1cccc(C)c1C(C)(C)C.Cc1cccc(Cl)c1C(C)C.Cc1ccccc1C(C)C. The molecule has 4 saturated carbocycles. The molecule has 4 aliphatic carbocycles. The molecule has 0 atom stereocenters. The number of hydrogen-bond donors (Lipinski definition) is 0. The van der Waals surface area contributed by atoms with E-state index >= 15 is 0 Å². The first-order chi connectivity index (χ1) is 47.8. The predicted molar refractivity (Wildman–Crippen MR) is 449 cm³/mol. The molecule has 104 heavy (non-hydrogen) atoms. The van der Waals surface area contributed by atoms with Crippen molar-refractivity contribution in [3.05, 3.63) is 244 Å². The molecule has 0 heterocycles. The molecule has 0 unspecified atom stereocenters. The highest BCUT2D eigenvalue weighted by Crippen LogP contribution is 2.62. The van der Waals surface area contributed by atoms with Crippen LogP contribution in [0.15, 0.2) is 121 Å². The fourth-order valence-corrected chi connectivity index (χ4v) is 16.4. The molecule has 7 aromatic rings. The van der Waals surface area contributed by atoms with Crippen molar-refractivity contribution in [2.75, 3.05) is 0 Å². The summed E-state index contributed by atoms with van der Waals surface area (Å²) in [5, 5.41) is 0.889. The minimum absolute atomic E-state index is 0.265. The molecule has 4 fully saturated rings. The highest BCUT2D eigenvalue weighted by molar-refractivity contribution is 6.31. The Hall–Kier alpha value is -5.52. The molecule has 0 nitrogen and oxygen atoms in total. The fourth-order valence-electron chi connectivity index (χ4n) is 15.9. The number of aryl methyl sites for hydroxylation is 6. The summed E-state index contributed by atoms with van der Waals surface area (Å²) >= 11 is 6.02. The third-order valence-corrected chi connectivity index (χ3v) is 20.6. The van der Waals surface area contributed by atoms with E-state index in [0.29, 0.717) is 46.8 Å². The second kappa shape index (κ2) is 42.3. The molecule has 11 rings (SSSR count). The van der Waals surface area contributed by atoms with Gasteiger partial charge in [-0.05, 0) is 251 Å². The van der Waals surface area contributed by atoms with Gasteiger partial charge >= 0.3 is 0 Å². The van der Waals surface area contributed by atoms with E-state index in [1.165, 1.54) is 91.7 Å². The zero-order valence-corrected chi connectivity index (χ0v) is 72.7. The molecular weight excluding hydrogens is 1310 g/mol. The molecule has 4 aliphatic rings. The van der Waals surface area contributed by atoms with E-state index in [4.69, 9.17) is 11.6 Å². The summed E-state index contributed by atoms with van der Waals surface area (Å²) in [6.07, 6.45) is 9.51. The van der Waals surface area contributed by atoms with Gasteiger partial charge < -0.3 is 0 Å². The molecular formula is C98H146ClF5. The number of benzene rings is 7. The van der Waals surface area contributed by atoms with Crippen LogP contribution in [0.3, 0.4) is 0 Å². The fraction of sp³-hybridized carbons (Fsp3) is 0.571. The van der Waals surface area contributed by atoms with Crippen LogP contribution in [0, 0.1) is 105 Å². The first kappa shape index (κ1) is 94.6. The Kier molecular flexibility index (Phi) is 38.5. The third-order valence-electron chi connectivity index (χ3n) is 20.3. The number of hydrogen-bond acceptors (Lipinski definition) is 0. The van der Waals surface area contributed by atoms with Crippen LogP contribution >= 0.6 is 11.6 Å². The Morgan fingerprint density at radius 2 is 0.663 bits per heavy atom. The van der Waals surface area contributed by atoms with Crippen molar-refractivity contribution in [1.82, 2.24) is 0 Å². The van der Waals surface area contributed by atoms with Gasteiger partial charge in [-0.25, -0.2) is 22.0 Å². The van der Waals surface area contributed by atoms with Gasteiger partial charge in [-0.2, -0.15) is 0 Å². The lowest BCUT2D eigenvalue weighted by molar-refractivity contribution is -0.0789. The summed E-state index contributed by atoms with van der Waals surface area (Å²) in [6, 6.07) is 43.3. The highest BCUT2D eigenvalue weighted by atomic mass is 35.5. The van der Waals surface area contributed by atoms with Gasteiger partial charge in [0, 0.05) is 10.6 Å². The van der Waals surface area contributed by atoms with Gasteiger partial charge in [-0.1, -0.05) is 332 Å². The quantitative estimate of drug-likeness (QED) is 0.0768. The van der Waals surface area contributed by atoms with Crippen LogP contribution in [0.5, 0.6) is 0 Å². The Morgan fingerprint density at radius 1 is 0.337 bits per heavy atom. The van der Waals surface area contributed by atoms with E-state index in [2.05, 4.69) is 331 Å². The first-order valence-electron chi connectivity index (χ1n) is 39.5. The van der Waals surface area contributed by atoms with Gasteiger partial charge in [-0.3, -0.25) is 0 Å². The van der Waals surface area contributed by atoms with Gasteiger partial charge in [0.1, 0.15) is 0 Å². The largest absolute Gasteiger partial charge is 0.203 e. The summed E-state index contributed by atoms with van der Waals surface area (Å²) in [7, 11) is 0. The molecule has 580 valence electrons. The second-order valence-electron chi connectivity index (χ2n) is 37.1. The maximum Gasteiger partial charge on any atom is 0.200 e. The Morgan fingerprint density at radius 3 is 0.962 bits per heavy atom. The lowest BCUT2D eigenvalue weighted by Gasteiger charge is -2.58. The lowest BCUT2D eigenvalue weighted by atomic mass is 9.47. The first-order valence-corrected chi connectivity index (χ1v) is 39.9. The number of halogens is 6. The summed E-state index contributed by atoms with van der Waals surface area (Å²) in [5.74, 6) is -1.52. The van der Waals surface area contributed by atoms with E-state index in [-0.39, 0.29) is 10.8 Å². The average molecular weight is 1450 g/mol. The highest BCUT2D eigenvalue weighted by Gasteiger charge is 2.52. The third kappa shape index (κ3) is 29.9. The van der Waals surface area contributed by atoms with Crippen molar-refractivity contribution in [3.8, 4) is 0 Å². The molecule has 0 amide bonds. The zero-order chi connectivity index (χ0) is 80.0. The molecule has 0 saturated heterocycles. The summed E-state index contributed by atoms with van der Waals surface area (Å²) in [6.45, 7) is 74.4. The van der Waals surface area contributed by atoms with Crippen LogP contribution in [0.4, 0.5) is 22.0 Å². The predicted octanol–water partition coefficient (Wildman–Crippen LogP) is 32.5. The molecule has 6 heteroatoms. The standard InChI is InChI=1S/C15H24.C13H22.C13H20.C12H18.C11H16.C10H13Cl.C10H14.C9H7F5.C5H12/c1-10(2)13-8-7-9-14(11(3)4)15(13)12(5)6;1-9(2)13-6-10-3-11(7-13)5-12(4-10)8-13;1-10(2)11-8-6-7-9-12(11)13(3,4)5;1-9-7-6-8-10(2)11(9)12(3,4)5;1-8(2)11-6-9(3)5-10(4)7-11;1-7(2)10-8(3)5-4-6-9(10)11;1-8(2)10-7-5-4-6-9(10)3;1-3(2)4-5(10)7(12)9(14)8(13)6(4)11;1-5(2,3)4/h7-12H,1-6H3;9-12H,3-8H2,1-2H3;6-10H,1-5H3;6-8H,1-5H3;5-8H,1-4H3;4-7H,1-3H3;4-8H,1-3H3;3H,1-2H3;1-4H3. The van der Waals surface area contributed by atoms with Crippen LogP contribution in [-0.2, 0) is 10.8 Å². The zero-order valence-electron chi connectivity index (χ0n) is 72.0. The second-order valence-corrected chi connectivity index (χ2v) is 37.5. The van der Waals surface area contributed by atoms with Crippen molar-refractivity contribution in [3.63, 3.8) is 0 Å². The maximum atomic E-state index is 12.9. The summed E-state index contributed by atoms with van der Waals surface area (Å²) in [4.78, 5) is 0. The van der Waals surface area contributed by atoms with E-state index < -0.39 is 40.6 Å². The van der Waals surface area contributed by atoms with Gasteiger partial charge in [0.15, 0.2) is 23.3 Å². The van der Waals surface area contributed by atoms with Crippen LogP contribution in [0.2, 0.25) is 5.02 Å². The molecule has 0 N–H and O–H groups in total. The number of rotatable bonds is 9. The van der Waals surface area contributed by atoms with Gasteiger partial charge in [0.05, 0.1) is 0 Å². The molecule has 0 aromatic heterocycles. The van der Waals surface area contributed by atoms with Crippen LogP contribution < -0.4 is 0 Å². The molecule has 0 spiro atoms. The maximum absolute atomic E-state index is 12.9. The van der Waals surface area contributed by atoms with Crippen LogP contribution in [-0.4, -0.2) is 0 Å². The summed E-state index contributed by atoms with van der Waals surface area (Å²) < 4.78 is 63.6. The van der Waals surface area contributed by atoms with Crippen molar-refractivity contribution in [2.24, 2.45) is 34.5 Å². The molecule has 7 aromatic carbocycles. The minimum Gasteiger partial charge on any atom is -0.203 e.